The summed E-state index contributed by atoms with van der Waals surface area (Å²) in [6, 6.07) is 15.6. The number of nitrogens with one attached hydrogen (secondary N) is 1. The summed E-state index contributed by atoms with van der Waals surface area (Å²) in [7, 11) is 3.99. The summed E-state index contributed by atoms with van der Waals surface area (Å²) in [5.41, 5.74) is 2.31. The average Bonchev–Trinajstić information content (AvgIpc) is 2.71. The van der Waals surface area contributed by atoms with Crippen molar-refractivity contribution in [2.45, 2.75) is 25.9 Å². The first-order valence-corrected chi connectivity index (χ1v) is 10.0. The van der Waals surface area contributed by atoms with Crippen LogP contribution in [0.4, 0.5) is 5.69 Å². The predicted molar refractivity (Wildman–Crippen MR) is 114 cm³/mol. The van der Waals surface area contributed by atoms with Gasteiger partial charge in [0.2, 0.25) is 0 Å². The number of carbonyl (C=O) groups excluding carboxylic acids is 2. The van der Waals surface area contributed by atoms with Crippen LogP contribution in [0.25, 0.3) is 0 Å². The summed E-state index contributed by atoms with van der Waals surface area (Å²) in [6.45, 7) is 3.75. The van der Waals surface area contributed by atoms with Crippen LogP contribution in [0.1, 0.15) is 29.3 Å². The highest BCUT2D eigenvalue weighted by atomic mass is 16.5. The predicted octanol–water partition coefficient (Wildman–Crippen LogP) is 3.04. The summed E-state index contributed by atoms with van der Waals surface area (Å²) in [5.74, 6) is 0.192. The Labute approximate surface area is 172 Å². The van der Waals surface area contributed by atoms with Crippen LogP contribution in [0.5, 0.6) is 5.75 Å². The lowest BCUT2D eigenvalue weighted by Crippen LogP contribution is -2.39. The summed E-state index contributed by atoms with van der Waals surface area (Å²) in [6.07, 6.45) is 1.18. The maximum Gasteiger partial charge on any atom is 0.265 e. The molecule has 1 N–H and O–H groups in total. The van der Waals surface area contributed by atoms with E-state index in [1.54, 1.807) is 25.1 Å². The number of fused-ring (bicyclic) bond motifs is 1. The third-order valence-corrected chi connectivity index (χ3v) is 5.01. The molecule has 3 rings (SSSR count). The molecular weight excluding hydrogens is 366 g/mol. The maximum atomic E-state index is 13.4. The van der Waals surface area contributed by atoms with Gasteiger partial charge in [-0.25, -0.2) is 0 Å². The molecule has 2 amide bonds. The average molecular weight is 396 g/mol. The smallest absolute Gasteiger partial charge is 0.265 e. The summed E-state index contributed by atoms with van der Waals surface area (Å²) in [4.78, 5) is 29.2. The van der Waals surface area contributed by atoms with E-state index in [4.69, 9.17) is 4.74 Å². The second kappa shape index (κ2) is 9.56. The Bertz CT molecular complexity index is 852. The van der Waals surface area contributed by atoms with E-state index in [0.717, 1.165) is 19.4 Å². The highest BCUT2D eigenvalue weighted by molar-refractivity contribution is 6.04. The van der Waals surface area contributed by atoms with Gasteiger partial charge in [-0.1, -0.05) is 36.4 Å². The van der Waals surface area contributed by atoms with Crippen molar-refractivity contribution < 1.29 is 14.3 Å². The van der Waals surface area contributed by atoms with E-state index in [-0.39, 0.29) is 11.8 Å². The lowest BCUT2D eigenvalue weighted by molar-refractivity contribution is -0.122. The van der Waals surface area contributed by atoms with Crippen molar-refractivity contribution >= 4 is 17.5 Å². The number of hydrogen-bond acceptors (Lipinski definition) is 4. The van der Waals surface area contributed by atoms with Crippen molar-refractivity contribution in [3.63, 3.8) is 0 Å². The quantitative estimate of drug-likeness (QED) is 0.746. The summed E-state index contributed by atoms with van der Waals surface area (Å²) >= 11 is 0. The maximum absolute atomic E-state index is 13.4. The van der Waals surface area contributed by atoms with Crippen LogP contribution in [-0.2, 0) is 11.2 Å². The van der Waals surface area contributed by atoms with Gasteiger partial charge in [-0.05, 0) is 51.6 Å². The molecular formula is C23H29N3O3. The first-order valence-electron chi connectivity index (χ1n) is 10.0. The molecule has 0 bridgehead atoms. The molecule has 0 fully saturated rings. The SMILES string of the molecule is CC1Oc2c(cccc2C(=O)N(CCCc2ccccc2)CCN(C)C)NC1=O. The Balaban J connectivity index is 1.76. The van der Waals surface area contributed by atoms with Crippen LogP contribution in [-0.4, -0.2) is 61.4 Å². The zero-order valence-electron chi connectivity index (χ0n) is 17.4. The molecule has 2 aromatic carbocycles. The normalized spacial score (nSPS) is 15.4. The first kappa shape index (κ1) is 20.9. The van der Waals surface area contributed by atoms with E-state index in [0.29, 0.717) is 30.1 Å². The highest BCUT2D eigenvalue weighted by Crippen LogP contribution is 2.34. The fourth-order valence-corrected chi connectivity index (χ4v) is 3.32. The molecule has 6 nitrogen and oxygen atoms in total. The minimum absolute atomic E-state index is 0.0693. The van der Waals surface area contributed by atoms with Crippen molar-refractivity contribution in [1.29, 1.82) is 0 Å². The third kappa shape index (κ3) is 5.35. The van der Waals surface area contributed by atoms with E-state index in [1.165, 1.54) is 5.56 Å². The van der Waals surface area contributed by atoms with Gasteiger partial charge in [0.25, 0.3) is 11.8 Å². The minimum Gasteiger partial charge on any atom is -0.478 e. The molecule has 0 spiro atoms. The molecule has 0 aromatic heterocycles. The van der Waals surface area contributed by atoms with Crippen LogP contribution in [0.3, 0.4) is 0 Å². The number of nitrogens with zero attached hydrogens (tertiary/aromatic N) is 2. The van der Waals surface area contributed by atoms with Gasteiger partial charge in [0, 0.05) is 19.6 Å². The fraction of sp³-hybridized carbons (Fsp3) is 0.391. The van der Waals surface area contributed by atoms with Crippen molar-refractivity contribution in [2.24, 2.45) is 0 Å². The molecule has 0 radical (unpaired) electrons. The van der Waals surface area contributed by atoms with Gasteiger partial charge in [0.1, 0.15) is 0 Å². The van der Waals surface area contributed by atoms with Gasteiger partial charge in [-0.15, -0.1) is 0 Å². The van der Waals surface area contributed by atoms with Crippen molar-refractivity contribution in [3.8, 4) is 5.75 Å². The van der Waals surface area contributed by atoms with Gasteiger partial charge in [-0.3, -0.25) is 9.59 Å². The van der Waals surface area contributed by atoms with E-state index in [2.05, 4.69) is 22.3 Å². The molecule has 0 saturated carbocycles. The van der Waals surface area contributed by atoms with Crippen LogP contribution in [0.15, 0.2) is 48.5 Å². The van der Waals surface area contributed by atoms with Crippen LogP contribution in [0, 0.1) is 0 Å². The van der Waals surface area contributed by atoms with Crippen molar-refractivity contribution in [2.75, 3.05) is 39.0 Å². The van der Waals surface area contributed by atoms with E-state index in [1.807, 2.05) is 37.2 Å². The lowest BCUT2D eigenvalue weighted by atomic mass is 10.1. The van der Waals surface area contributed by atoms with Gasteiger partial charge < -0.3 is 19.9 Å². The molecule has 1 aliphatic rings. The lowest BCUT2D eigenvalue weighted by Gasteiger charge is -2.28. The third-order valence-electron chi connectivity index (χ3n) is 5.01. The number of likely N-dealkylation sites (N-methyl/N-ethyl adjacent to an activating group) is 1. The number of aryl methyl sites for hydroxylation is 1. The number of benzene rings is 2. The minimum atomic E-state index is -0.621. The molecule has 2 aromatic rings. The monoisotopic (exact) mass is 395 g/mol. The number of carbonyl (C=O) groups is 2. The Morgan fingerprint density at radius 1 is 1.03 bits per heavy atom. The summed E-state index contributed by atoms with van der Waals surface area (Å²) in [5, 5.41) is 2.82. The molecule has 1 aliphatic heterocycles. The second-order valence-electron chi connectivity index (χ2n) is 7.62. The first-order chi connectivity index (χ1) is 14.0. The molecule has 154 valence electrons. The zero-order chi connectivity index (χ0) is 20.8. The van der Waals surface area contributed by atoms with Gasteiger partial charge in [-0.2, -0.15) is 0 Å². The topological polar surface area (TPSA) is 61.9 Å². The number of hydrogen-bond donors (Lipinski definition) is 1. The van der Waals surface area contributed by atoms with Crippen LogP contribution < -0.4 is 10.1 Å². The fourth-order valence-electron chi connectivity index (χ4n) is 3.32. The number of anilines is 1. The van der Waals surface area contributed by atoms with E-state index in [9.17, 15) is 9.59 Å². The van der Waals surface area contributed by atoms with Crippen LogP contribution >= 0.6 is 0 Å². The molecule has 0 saturated heterocycles. The number of amides is 2. The highest BCUT2D eigenvalue weighted by Gasteiger charge is 2.29. The zero-order valence-corrected chi connectivity index (χ0v) is 17.4. The van der Waals surface area contributed by atoms with Gasteiger partial charge >= 0.3 is 0 Å². The largest absolute Gasteiger partial charge is 0.478 e. The summed E-state index contributed by atoms with van der Waals surface area (Å²) < 4.78 is 5.78. The van der Waals surface area contributed by atoms with Crippen LogP contribution in [0.2, 0.25) is 0 Å². The number of para-hydroxylation sites is 1. The molecule has 6 heteroatoms. The van der Waals surface area contributed by atoms with Gasteiger partial charge in [0.05, 0.1) is 11.3 Å². The Kier molecular flexibility index (Phi) is 6.88. The Morgan fingerprint density at radius 2 is 1.79 bits per heavy atom. The van der Waals surface area contributed by atoms with Gasteiger partial charge in [0.15, 0.2) is 11.9 Å². The standard InChI is InChI=1S/C23H29N3O3/c1-17-22(27)24-20-13-7-12-19(21(20)29-17)23(28)26(16-15-25(2)3)14-8-11-18-9-5-4-6-10-18/h4-7,9-10,12-13,17H,8,11,14-16H2,1-3H3,(H,24,27). The molecule has 0 aliphatic carbocycles. The number of rotatable bonds is 8. The molecule has 29 heavy (non-hydrogen) atoms. The second-order valence-corrected chi connectivity index (χ2v) is 7.62. The van der Waals surface area contributed by atoms with E-state index < -0.39 is 6.10 Å². The molecule has 1 atom stereocenters. The van der Waals surface area contributed by atoms with E-state index >= 15 is 0 Å². The van der Waals surface area contributed by atoms with Crippen molar-refractivity contribution in [3.05, 3.63) is 59.7 Å². The Hall–Kier alpha value is -2.86. The van der Waals surface area contributed by atoms with Crippen molar-refractivity contribution in [1.82, 2.24) is 9.80 Å². The molecule has 1 unspecified atom stereocenters. The number of ether oxygens (including phenoxy) is 1. The Morgan fingerprint density at radius 3 is 2.52 bits per heavy atom. The molecule has 1 heterocycles.